The first kappa shape index (κ1) is 24.7. The van der Waals surface area contributed by atoms with Crippen molar-refractivity contribution in [2.75, 3.05) is 0 Å². The summed E-state index contributed by atoms with van der Waals surface area (Å²) < 4.78 is 33.7. The van der Waals surface area contributed by atoms with Crippen molar-refractivity contribution >= 4 is 6.15 Å². The molecule has 0 unspecified atom stereocenters. The number of carbonyl (C=O) groups excluding carboxylic acids is 2. The molecule has 0 aromatic heterocycles. The molecular weight excluding hydrogens is 392 g/mol. The van der Waals surface area contributed by atoms with Gasteiger partial charge in [-0.3, -0.25) is 0 Å². The van der Waals surface area contributed by atoms with E-state index in [0.717, 1.165) is 18.6 Å². The van der Waals surface area contributed by atoms with Crippen molar-refractivity contribution in [3.8, 4) is 0 Å². The van der Waals surface area contributed by atoms with E-state index >= 15 is 0 Å². The molecule has 0 aliphatic carbocycles. The summed E-state index contributed by atoms with van der Waals surface area (Å²) in [7, 11) is 0. The molecule has 8 heteroatoms. The Labute approximate surface area is 178 Å². The lowest BCUT2D eigenvalue weighted by Gasteiger charge is -2.20. The van der Waals surface area contributed by atoms with E-state index < -0.39 is 11.6 Å². The fourth-order valence-electron chi connectivity index (χ4n) is 3.76. The third kappa shape index (κ3) is 7.01. The van der Waals surface area contributed by atoms with E-state index in [1.54, 1.807) is 0 Å². The molecule has 0 N–H and O–H groups in total. The number of fused-ring (bicyclic) bond motifs is 2. The zero-order valence-corrected chi connectivity index (χ0v) is 18.7. The van der Waals surface area contributed by atoms with Crippen LogP contribution in [0.15, 0.2) is 24.0 Å². The van der Waals surface area contributed by atoms with E-state index in [-0.39, 0.29) is 30.9 Å². The van der Waals surface area contributed by atoms with Gasteiger partial charge in [0.15, 0.2) is 17.9 Å². The van der Waals surface area contributed by atoms with Gasteiger partial charge >= 0.3 is 6.15 Å². The van der Waals surface area contributed by atoms with Crippen molar-refractivity contribution in [1.82, 2.24) is 0 Å². The van der Waals surface area contributed by atoms with Crippen molar-refractivity contribution in [3.63, 3.8) is 0 Å². The lowest BCUT2D eigenvalue weighted by molar-refractivity contribution is -0.205. The van der Waals surface area contributed by atoms with Gasteiger partial charge in [0.25, 0.3) is 0 Å². The van der Waals surface area contributed by atoms with Crippen LogP contribution in [0.3, 0.4) is 0 Å². The van der Waals surface area contributed by atoms with E-state index in [0.29, 0.717) is 6.10 Å². The third-order valence-electron chi connectivity index (χ3n) is 4.84. The van der Waals surface area contributed by atoms with Gasteiger partial charge < -0.3 is 28.4 Å². The van der Waals surface area contributed by atoms with Crippen LogP contribution < -0.4 is 0 Å². The van der Waals surface area contributed by atoms with E-state index in [1.807, 2.05) is 52.8 Å². The summed E-state index contributed by atoms with van der Waals surface area (Å²) in [6, 6.07) is 0. The van der Waals surface area contributed by atoms with Gasteiger partial charge in [-0.05, 0) is 53.2 Å². The minimum absolute atomic E-state index is 0.0544. The Morgan fingerprint density at radius 1 is 1.07 bits per heavy atom. The summed E-state index contributed by atoms with van der Waals surface area (Å²) in [5.74, 6) is -0.147. The predicted molar refractivity (Wildman–Crippen MR) is 106 cm³/mol. The second kappa shape index (κ2) is 10.7. The summed E-state index contributed by atoms with van der Waals surface area (Å²) in [6.45, 7) is 11.8. The monoisotopic (exact) mass is 426 g/mol. The topological polar surface area (TPSA) is 89.5 Å². The molecule has 0 bridgehead atoms. The Morgan fingerprint density at radius 2 is 1.70 bits per heavy atom. The van der Waals surface area contributed by atoms with Crippen molar-refractivity contribution in [2.24, 2.45) is 0 Å². The summed E-state index contributed by atoms with van der Waals surface area (Å²) >= 11 is 0. The lowest BCUT2D eigenvalue weighted by atomic mass is 10.1. The Hall–Kier alpha value is -1.54. The van der Waals surface area contributed by atoms with Crippen LogP contribution in [0.5, 0.6) is 0 Å². The molecule has 0 radical (unpaired) electrons. The Balaban J connectivity index is 0.000000190. The van der Waals surface area contributed by atoms with Crippen molar-refractivity contribution < 1.29 is 38.0 Å². The highest BCUT2D eigenvalue weighted by Crippen LogP contribution is 2.38. The van der Waals surface area contributed by atoms with E-state index in [4.69, 9.17) is 38.0 Å². The second-order valence-corrected chi connectivity index (χ2v) is 8.42. The van der Waals surface area contributed by atoms with Crippen molar-refractivity contribution in [2.45, 2.75) is 110 Å². The first-order valence-corrected chi connectivity index (χ1v) is 10.5. The van der Waals surface area contributed by atoms with Gasteiger partial charge in [0.2, 0.25) is 6.29 Å². The molecule has 0 saturated carbocycles. The van der Waals surface area contributed by atoms with Crippen LogP contribution in [0.25, 0.3) is 0 Å². The molecule has 0 spiro atoms. The highest BCUT2D eigenvalue weighted by atomic mass is 16.8. The van der Waals surface area contributed by atoms with Crippen LogP contribution >= 0.6 is 0 Å². The van der Waals surface area contributed by atoms with Crippen molar-refractivity contribution in [1.29, 1.82) is 0 Å². The summed E-state index contributed by atoms with van der Waals surface area (Å²) in [4.78, 5) is 16.2. The maximum absolute atomic E-state index is 8.12. The molecule has 170 valence electrons. The fourth-order valence-corrected chi connectivity index (χ4v) is 3.76. The summed E-state index contributed by atoms with van der Waals surface area (Å²) in [5.41, 5.74) is 0. The first-order valence-electron chi connectivity index (χ1n) is 10.5. The first-order chi connectivity index (χ1) is 14.1. The third-order valence-corrected chi connectivity index (χ3v) is 4.84. The predicted octanol–water partition coefficient (Wildman–Crippen LogP) is 3.81. The van der Waals surface area contributed by atoms with Crippen LogP contribution in [0.4, 0.5) is 0 Å². The number of hydrogen-bond donors (Lipinski definition) is 0. The smallest absolute Gasteiger partial charge is 0.373 e. The van der Waals surface area contributed by atoms with Gasteiger partial charge in [0.05, 0.1) is 6.10 Å². The van der Waals surface area contributed by atoms with Crippen LogP contribution in [-0.2, 0) is 38.0 Å². The number of allylic oxidation sites excluding steroid dienone is 2. The average molecular weight is 427 g/mol. The second-order valence-electron chi connectivity index (χ2n) is 8.42. The highest BCUT2D eigenvalue weighted by molar-refractivity contribution is 5.20. The van der Waals surface area contributed by atoms with Gasteiger partial charge in [-0.25, -0.2) is 0 Å². The molecule has 4 rings (SSSR count). The number of unbranched alkanes of at least 4 members (excludes halogenated alkanes) is 1. The van der Waals surface area contributed by atoms with Crippen LogP contribution in [0.2, 0.25) is 0 Å². The van der Waals surface area contributed by atoms with Gasteiger partial charge in [0.1, 0.15) is 18.0 Å². The number of ether oxygens (including phenoxy) is 6. The van der Waals surface area contributed by atoms with Crippen LogP contribution in [0, 0.1) is 0 Å². The normalized spacial score (nSPS) is 34.6. The quantitative estimate of drug-likeness (QED) is 0.670. The fraction of sp³-hybridized carbons (Fsp3) is 0.773. The summed E-state index contributed by atoms with van der Waals surface area (Å²) in [5, 5.41) is 0. The van der Waals surface area contributed by atoms with Gasteiger partial charge in [-0.2, -0.15) is 9.59 Å². The highest BCUT2D eigenvalue weighted by Gasteiger charge is 2.48. The largest absolute Gasteiger partial charge is 0.462 e. The SMILES string of the molecule is C/C=C/C1=C[C@H]2OC(C)(C)O[C@H]2O1.CCCC[C@H]1C[C@H]2OC(C)(C)O[C@H]2O1.O=C=O. The Kier molecular flexibility index (Phi) is 8.79. The van der Waals surface area contributed by atoms with Crippen molar-refractivity contribution in [3.05, 3.63) is 24.0 Å². The van der Waals surface area contributed by atoms with Crippen LogP contribution in [0.1, 0.15) is 67.2 Å². The molecule has 8 nitrogen and oxygen atoms in total. The molecule has 0 amide bonds. The zero-order chi connectivity index (χ0) is 22.4. The van der Waals surface area contributed by atoms with Gasteiger partial charge in [-0.15, -0.1) is 0 Å². The van der Waals surface area contributed by atoms with Crippen LogP contribution in [-0.4, -0.2) is 48.6 Å². The number of rotatable bonds is 4. The molecule has 30 heavy (non-hydrogen) atoms. The Bertz CT molecular complexity index is 632. The molecule has 3 saturated heterocycles. The minimum Gasteiger partial charge on any atom is -0.462 e. The molecular formula is C22H34O8. The number of hydrogen-bond acceptors (Lipinski definition) is 8. The molecule has 4 aliphatic heterocycles. The van der Waals surface area contributed by atoms with E-state index in [1.165, 1.54) is 12.8 Å². The summed E-state index contributed by atoms with van der Waals surface area (Å²) in [6.07, 6.45) is 10.7. The van der Waals surface area contributed by atoms with Gasteiger partial charge in [-0.1, -0.05) is 25.8 Å². The minimum atomic E-state index is -0.521. The zero-order valence-electron chi connectivity index (χ0n) is 18.7. The molecule has 5 atom stereocenters. The maximum atomic E-state index is 8.12. The average Bonchev–Trinajstić information content (AvgIpc) is 3.30. The van der Waals surface area contributed by atoms with Gasteiger partial charge in [0, 0.05) is 6.42 Å². The molecule has 4 heterocycles. The maximum Gasteiger partial charge on any atom is 0.373 e. The molecule has 0 aromatic carbocycles. The Morgan fingerprint density at radius 3 is 2.27 bits per heavy atom. The van der Waals surface area contributed by atoms with E-state index in [2.05, 4.69) is 6.92 Å². The lowest BCUT2D eigenvalue weighted by Crippen LogP contribution is -2.24. The molecule has 4 aliphatic rings. The molecule has 0 aromatic rings. The standard InChI is InChI=1S/C11H20O3.C10H14O3.CO2/c1-4-5-6-8-7-9-10(12-8)14-11(2,3)13-9;1-4-5-7-6-8-9(11-7)13-10(2,3)12-8;2-1-3/h8-10H,4-7H2,1-3H3;4-6,8-9H,1-3H3;/b;5-4+;/t8-,9+,10+;8-,9-;/m01./s1. The molecule has 3 fully saturated rings. The van der Waals surface area contributed by atoms with E-state index in [9.17, 15) is 0 Å².